The molecule has 0 aliphatic carbocycles. The Morgan fingerprint density at radius 3 is 2.25 bits per heavy atom. The molecule has 0 heterocycles. The Kier molecular flexibility index (Phi) is 4.18. The van der Waals surface area contributed by atoms with Crippen LogP contribution in [0.4, 0.5) is 8.78 Å². The van der Waals surface area contributed by atoms with E-state index in [1.54, 1.807) is 6.92 Å². The predicted molar refractivity (Wildman–Crippen MR) is 32.1 cm³/mol. The monoisotopic (exact) mass is 141 g/mol. The molecule has 0 aromatic heterocycles. The van der Waals surface area contributed by atoms with Crippen molar-refractivity contribution < 1.29 is 8.78 Å². The van der Waals surface area contributed by atoms with Crippen molar-refractivity contribution in [2.24, 2.45) is 5.73 Å². The first kappa shape index (κ1) is 8.17. The molecule has 50 valence electrons. The van der Waals surface area contributed by atoms with Gasteiger partial charge < -0.3 is 5.73 Å². The van der Waals surface area contributed by atoms with Crippen molar-refractivity contribution in [1.82, 2.24) is 0 Å². The largest absolute Gasteiger partial charge is 0.329 e. The molecule has 0 amide bonds. The van der Waals surface area contributed by atoms with Crippen molar-refractivity contribution in [2.45, 2.75) is 17.9 Å². The fraction of sp³-hybridized carbons (Fsp3) is 1.00. The molecule has 0 rings (SSSR count). The van der Waals surface area contributed by atoms with Gasteiger partial charge in [-0.1, -0.05) is 18.7 Å². The van der Waals surface area contributed by atoms with Gasteiger partial charge in [0, 0.05) is 11.8 Å². The summed E-state index contributed by atoms with van der Waals surface area (Å²) in [6, 6.07) is 0. The standard InChI is InChI=1S/C4H9F2NS/c1-3(2-7)8-4(5)6/h3-4H,2,7H2,1H3/t3-/m1/s1. The molecule has 8 heavy (non-hydrogen) atoms. The molecule has 0 saturated carbocycles. The van der Waals surface area contributed by atoms with Crippen molar-refractivity contribution >= 4 is 11.8 Å². The van der Waals surface area contributed by atoms with Crippen molar-refractivity contribution in [2.75, 3.05) is 6.54 Å². The molecule has 0 spiro atoms. The quantitative estimate of drug-likeness (QED) is 0.641. The third-order valence-corrected chi connectivity index (χ3v) is 1.53. The minimum Gasteiger partial charge on any atom is -0.329 e. The van der Waals surface area contributed by atoms with Crippen LogP contribution in [0.15, 0.2) is 0 Å². The van der Waals surface area contributed by atoms with Crippen molar-refractivity contribution in [1.29, 1.82) is 0 Å². The summed E-state index contributed by atoms with van der Waals surface area (Å²) < 4.78 is 22.8. The minimum atomic E-state index is -2.28. The SMILES string of the molecule is C[C@H](CN)SC(F)F. The first-order valence-electron chi connectivity index (χ1n) is 2.30. The van der Waals surface area contributed by atoms with E-state index in [9.17, 15) is 8.78 Å². The molecule has 0 aromatic rings. The maximum absolute atomic E-state index is 11.4. The van der Waals surface area contributed by atoms with Gasteiger partial charge in [-0.3, -0.25) is 0 Å². The first-order valence-corrected chi connectivity index (χ1v) is 3.24. The number of hydrogen-bond acceptors (Lipinski definition) is 2. The summed E-state index contributed by atoms with van der Waals surface area (Å²) >= 11 is 0.596. The molecular weight excluding hydrogens is 132 g/mol. The van der Waals surface area contributed by atoms with Gasteiger partial charge in [0.2, 0.25) is 0 Å². The van der Waals surface area contributed by atoms with Crippen molar-refractivity contribution in [3.63, 3.8) is 0 Å². The summed E-state index contributed by atoms with van der Waals surface area (Å²) in [5.74, 6) is -2.28. The highest BCUT2D eigenvalue weighted by atomic mass is 32.2. The van der Waals surface area contributed by atoms with Gasteiger partial charge in [-0.25, -0.2) is 0 Å². The van der Waals surface area contributed by atoms with E-state index in [1.165, 1.54) is 0 Å². The molecule has 0 fully saturated rings. The van der Waals surface area contributed by atoms with Crippen LogP contribution in [0.3, 0.4) is 0 Å². The van der Waals surface area contributed by atoms with Gasteiger partial charge in [0.15, 0.2) is 0 Å². The summed E-state index contributed by atoms with van der Waals surface area (Å²) in [6.45, 7) is 1.99. The zero-order chi connectivity index (χ0) is 6.57. The number of thioether (sulfide) groups is 1. The lowest BCUT2D eigenvalue weighted by Crippen LogP contribution is -2.13. The van der Waals surface area contributed by atoms with Crippen LogP contribution in [0.5, 0.6) is 0 Å². The highest BCUT2D eigenvalue weighted by Crippen LogP contribution is 2.18. The molecule has 0 unspecified atom stereocenters. The van der Waals surface area contributed by atoms with E-state index >= 15 is 0 Å². The molecule has 2 N–H and O–H groups in total. The minimum absolute atomic E-state index is 0.130. The predicted octanol–water partition coefficient (Wildman–Crippen LogP) is 1.29. The van der Waals surface area contributed by atoms with Crippen LogP contribution in [-0.2, 0) is 0 Å². The van der Waals surface area contributed by atoms with Crippen LogP contribution in [0.2, 0.25) is 0 Å². The summed E-state index contributed by atoms with van der Waals surface area (Å²) in [7, 11) is 0. The van der Waals surface area contributed by atoms with E-state index in [-0.39, 0.29) is 5.25 Å². The third-order valence-electron chi connectivity index (χ3n) is 0.667. The van der Waals surface area contributed by atoms with E-state index in [4.69, 9.17) is 5.73 Å². The van der Waals surface area contributed by atoms with E-state index in [2.05, 4.69) is 0 Å². The van der Waals surface area contributed by atoms with Gasteiger partial charge in [0.05, 0.1) is 0 Å². The van der Waals surface area contributed by atoms with E-state index in [1.807, 2.05) is 0 Å². The van der Waals surface area contributed by atoms with Gasteiger partial charge >= 0.3 is 0 Å². The fourth-order valence-electron chi connectivity index (χ4n) is 0.231. The Morgan fingerprint density at radius 1 is 1.62 bits per heavy atom. The van der Waals surface area contributed by atoms with Crippen LogP contribution in [0.1, 0.15) is 6.92 Å². The first-order chi connectivity index (χ1) is 3.66. The average Bonchev–Trinajstić information content (AvgIpc) is 1.65. The Morgan fingerprint density at radius 2 is 2.12 bits per heavy atom. The molecule has 1 nitrogen and oxygen atoms in total. The van der Waals surface area contributed by atoms with Crippen molar-refractivity contribution in [3.8, 4) is 0 Å². The number of alkyl halides is 2. The molecule has 4 heteroatoms. The molecule has 0 bridgehead atoms. The molecule has 0 radical (unpaired) electrons. The average molecular weight is 141 g/mol. The summed E-state index contributed by atoms with van der Waals surface area (Å²) in [5, 5.41) is -0.130. The van der Waals surface area contributed by atoms with Gasteiger partial charge in [-0.05, 0) is 0 Å². The fourth-order valence-corrected chi connectivity index (χ4v) is 0.693. The second-order valence-corrected chi connectivity index (χ2v) is 2.88. The summed E-state index contributed by atoms with van der Waals surface area (Å²) in [5.41, 5.74) is 5.07. The number of hydrogen-bond donors (Lipinski definition) is 1. The number of nitrogens with two attached hydrogens (primary N) is 1. The molecule has 0 aliphatic rings. The zero-order valence-electron chi connectivity index (χ0n) is 4.60. The van der Waals surface area contributed by atoms with Gasteiger partial charge in [-0.15, -0.1) is 0 Å². The third kappa shape index (κ3) is 4.33. The Balaban J connectivity index is 3.10. The smallest absolute Gasteiger partial charge is 0.284 e. The normalized spacial score (nSPS) is 14.6. The van der Waals surface area contributed by atoms with Gasteiger partial charge in [-0.2, -0.15) is 8.78 Å². The van der Waals surface area contributed by atoms with E-state index in [0.29, 0.717) is 18.3 Å². The second kappa shape index (κ2) is 4.09. The number of rotatable bonds is 3. The lowest BCUT2D eigenvalue weighted by molar-refractivity contribution is 0.251. The topological polar surface area (TPSA) is 26.0 Å². The van der Waals surface area contributed by atoms with Gasteiger partial charge in [0.25, 0.3) is 5.76 Å². The van der Waals surface area contributed by atoms with Crippen LogP contribution in [0.25, 0.3) is 0 Å². The van der Waals surface area contributed by atoms with Crippen LogP contribution >= 0.6 is 11.8 Å². The number of halogens is 2. The molecule has 1 atom stereocenters. The second-order valence-electron chi connectivity index (χ2n) is 1.44. The Hall–Kier alpha value is 0.170. The maximum atomic E-state index is 11.4. The van der Waals surface area contributed by atoms with Crippen LogP contribution < -0.4 is 5.73 Å². The Bertz CT molecular complexity index is 60.0. The van der Waals surface area contributed by atoms with Crippen LogP contribution in [0, 0.1) is 0 Å². The van der Waals surface area contributed by atoms with Crippen LogP contribution in [-0.4, -0.2) is 17.6 Å². The molecule has 0 aromatic carbocycles. The Labute approximate surface area is 51.6 Å². The summed E-state index contributed by atoms with van der Waals surface area (Å²) in [4.78, 5) is 0. The van der Waals surface area contributed by atoms with E-state index < -0.39 is 5.76 Å². The zero-order valence-corrected chi connectivity index (χ0v) is 5.42. The highest BCUT2D eigenvalue weighted by molar-refractivity contribution is 8.00. The van der Waals surface area contributed by atoms with Crippen molar-refractivity contribution in [3.05, 3.63) is 0 Å². The molecule has 0 aliphatic heterocycles. The summed E-state index contributed by atoms with van der Waals surface area (Å²) in [6.07, 6.45) is 0. The van der Waals surface area contributed by atoms with E-state index in [0.717, 1.165) is 0 Å². The maximum Gasteiger partial charge on any atom is 0.284 e. The highest BCUT2D eigenvalue weighted by Gasteiger charge is 2.07. The molecule has 0 saturated heterocycles. The van der Waals surface area contributed by atoms with Gasteiger partial charge in [0.1, 0.15) is 0 Å². The lowest BCUT2D eigenvalue weighted by Gasteiger charge is -2.04. The molecular formula is C4H9F2NS. The lowest BCUT2D eigenvalue weighted by atomic mass is 10.5.